The van der Waals surface area contributed by atoms with Crippen molar-refractivity contribution in [2.75, 3.05) is 19.0 Å². The van der Waals surface area contributed by atoms with Crippen LogP contribution in [0.25, 0.3) is 11.0 Å². The van der Waals surface area contributed by atoms with E-state index in [0.29, 0.717) is 6.61 Å². The molecule has 22 heavy (non-hydrogen) atoms. The number of hydrogen-bond acceptors (Lipinski definition) is 5. The average Bonchev–Trinajstić information content (AvgIpc) is 3.08. The van der Waals surface area contributed by atoms with Crippen LogP contribution < -0.4 is 5.32 Å². The fourth-order valence-electron chi connectivity index (χ4n) is 3.38. The lowest BCUT2D eigenvalue weighted by Gasteiger charge is -2.30. The van der Waals surface area contributed by atoms with E-state index in [4.69, 9.17) is 9.72 Å². The van der Waals surface area contributed by atoms with E-state index in [1.165, 1.54) is 12.8 Å². The Labute approximate surface area is 131 Å². The predicted octanol–water partition coefficient (Wildman–Crippen LogP) is 2.69. The van der Waals surface area contributed by atoms with Crippen molar-refractivity contribution in [2.45, 2.75) is 51.0 Å². The first-order valence-corrected chi connectivity index (χ1v) is 8.13. The van der Waals surface area contributed by atoms with Crippen LogP contribution in [0.1, 0.15) is 44.9 Å². The molecule has 2 aromatic heterocycles. The summed E-state index contributed by atoms with van der Waals surface area (Å²) in [5.74, 6) is 1.78. The van der Waals surface area contributed by atoms with Crippen LogP contribution in [0.3, 0.4) is 0 Å². The minimum Gasteiger partial charge on any atom is -0.382 e. The third-order valence-corrected chi connectivity index (χ3v) is 4.48. The Bertz CT molecular complexity index is 645. The van der Waals surface area contributed by atoms with Crippen molar-refractivity contribution in [1.29, 1.82) is 0 Å². The topological polar surface area (TPSA) is 64.9 Å². The van der Waals surface area contributed by atoms with E-state index >= 15 is 0 Å². The number of methoxy groups -OCH3 is 1. The van der Waals surface area contributed by atoms with Crippen molar-refractivity contribution >= 4 is 16.9 Å². The lowest BCUT2D eigenvalue weighted by atomic mass is 9.98. The normalized spacial score (nSPS) is 17.2. The molecule has 2 aromatic rings. The van der Waals surface area contributed by atoms with Crippen molar-refractivity contribution in [3.8, 4) is 0 Å². The Balaban J connectivity index is 2.01. The molecule has 1 fully saturated rings. The van der Waals surface area contributed by atoms with Gasteiger partial charge in [-0.3, -0.25) is 4.68 Å². The Morgan fingerprint density at radius 2 is 2.09 bits per heavy atom. The number of rotatable bonds is 6. The van der Waals surface area contributed by atoms with E-state index < -0.39 is 0 Å². The molecule has 0 atom stereocenters. The summed E-state index contributed by atoms with van der Waals surface area (Å²) in [5.41, 5.74) is 0.890. The number of fused-ring (bicyclic) bond motifs is 1. The number of aryl methyl sites for hydroxylation is 2. The fraction of sp³-hybridized carbons (Fsp3) is 0.688. The van der Waals surface area contributed by atoms with Crippen LogP contribution in [0.5, 0.6) is 0 Å². The number of ether oxygens (including phenoxy) is 1. The van der Waals surface area contributed by atoms with Gasteiger partial charge in [-0.15, -0.1) is 0 Å². The van der Waals surface area contributed by atoms with Gasteiger partial charge in [0, 0.05) is 20.6 Å². The van der Waals surface area contributed by atoms with Gasteiger partial charge >= 0.3 is 0 Å². The van der Waals surface area contributed by atoms with Gasteiger partial charge in [-0.25, -0.2) is 9.97 Å². The van der Waals surface area contributed by atoms with E-state index in [-0.39, 0.29) is 5.54 Å². The summed E-state index contributed by atoms with van der Waals surface area (Å²) in [6, 6.07) is 0. The zero-order valence-electron chi connectivity index (χ0n) is 13.7. The predicted molar refractivity (Wildman–Crippen MR) is 87.0 cm³/mol. The molecule has 0 aromatic carbocycles. The maximum Gasteiger partial charge on any atom is 0.163 e. The maximum atomic E-state index is 5.47. The molecule has 0 radical (unpaired) electrons. The van der Waals surface area contributed by atoms with Gasteiger partial charge in [-0.1, -0.05) is 19.8 Å². The summed E-state index contributed by atoms with van der Waals surface area (Å²) in [7, 11) is 3.69. The minimum absolute atomic E-state index is 0.00460. The second-order valence-corrected chi connectivity index (χ2v) is 6.29. The van der Waals surface area contributed by atoms with Crippen molar-refractivity contribution in [2.24, 2.45) is 7.05 Å². The third kappa shape index (κ3) is 2.79. The van der Waals surface area contributed by atoms with Crippen LogP contribution in [0, 0.1) is 0 Å². The van der Waals surface area contributed by atoms with Crippen LogP contribution in [0.4, 0.5) is 5.82 Å². The third-order valence-electron chi connectivity index (χ3n) is 4.48. The molecule has 2 heterocycles. The number of aromatic nitrogens is 4. The average molecular weight is 303 g/mol. The molecule has 0 amide bonds. The van der Waals surface area contributed by atoms with Gasteiger partial charge in [0.1, 0.15) is 11.6 Å². The smallest absolute Gasteiger partial charge is 0.163 e. The second-order valence-electron chi connectivity index (χ2n) is 6.29. The van der Waals surface area contributed by atoms with E-state index in [1.807, 2.05) is 17.9 Å². The van der Waals surface area contributed by atoms with Crippen molar-refractivity contribution in [3.63, 3.8) is 0 Å². The summed E-state index contributed by atoms with van der Waals surface area (Å²) in [5, 5.41) is 9.02. The standard InChI is InChI=1S/C16H25N5O/c1-4-7-13-18-14(12-10-17-21(2)15(12)19-13)20-16(11-22-3)8-5-6-9-16/h10H,4-9,11H2,1-3H3,(H,18,19,20). The molecule has 1 saturated carbocycles. The Hall–Kier alpha value is -1.69. The maximum absolute atomic E-state index is 5.47. The van der Waals surface area contributed by atoms with Gasteiger partial charge in [-0.2, -0.15) is 5.10 Å². The summed E-state index contributed by atoms with van der Waals surface area (Å²) in [6.07, 6.45) is 8.48. The van der Waals surface area contributed by atoms with Gasteiger partial charge in [0.25, 0.3) is 0 Å². The van der Waals surface area contributed by atoms with Gasteiger partial charge in [-0.05, 0) is 19.3 Å². The molecular weight excluding hydrogens is 278 g/mol. The summed E-state index contributed by atoms with van der Waals surface area (Å²) < 4.78 is 7.29. The summed E-state index contributed by atoms with van der Waals surface area (Å²) in [4.78, 5) is 9.41. The largest absolute Gasteiger partial charge is 0.382 e. The molecule has 6 heteroatoms. The molecule has 3 rings (SSSR count). The van der Waals surface area contributed by atoms with E-state index in [1.54, 1.807) is 7.11 Å². The highest BCUT2D eigenvalue weighted by molar-refractivity contribution is 5.86. The fourth-order valence-corrected chi connectivity index (χ4v) is 3.38. The molecule has 0 saturated heterocycles. The van der Waals surface area contributed by atoms with Gasteiger partial charge in [0.15, 0.2) is 5.65 Å². The summed E-state index contributed by atoms with van der Waals surface area (Å²) >= 11 is 0. The van der Waals surface area contributed by atoms with Crippen molar-refractivity contribution < 1.29 is 4.74 Å². The molecule has 0 bridgehead atoms. The molecule has 0 unspecified atom stereocenters. The molecule has 1 aliphatic carbocycles. The first-order valence-electron chi connectivity index (χ1n) is 8.13. The van der Waals surface area contributed by atoms with Crippen LogP contribution in [-0.2, 0) is 18.2 Å². The van der Waals surface area contributed by atoms with E-state index in [0.717, 1.165) is 48.4 Å². The number of nitrogens with one attached hydrogen (secondary N) is 1. The van der Waals surface area contributed by atoms with E-state index in [2.05, 4.69) is 22.3 Å². The number of nitrogens with zero attached hydrogens (tertiary/aromatic N) is 4. The highest BCUT2D eigenvalue weighted by Crippen LogP contribution is 2.34. The molecule has 1 aliphatic rings. The lowest BCUT2D eigenvalue weighted by Crippen LogP contribution is -2.40. The van der Waals surface area contributed by atoms with Crippen molar-refractivity contribution in [1.82, 2.24) is 19.7 Å². The monoisotopic (exact) mass is 303 g/mol. The van der Waals surface area contributed by atoms with E-state index in [9.17, 15) is 0 Å². The van der Waals surface area contributed by atoms with Crippen LogP contribution in [0.2, 0.25) is 0 Å². The molecule has 1 N–H and O–H groups in total. The summed E-state index contributed by atoms with van der Waals surface area (Å²) in [6.45, 7) is 2.86. The first kappa shape index (κ1) is 15.2. The minimum atomic E-state index is -0.00460. The second kappa shape index (κ2) is 6.20. The van der Waals surface area contributed by atoms with Crippen LogP contribution >= 0.6 is 0 Å². The SMILES string of the molecule is CCCc1nc(NC2(COC)CCCC2)c2cnn(C)c2n1. The highest BCUT2D eigenvalue weighted by atomic mass is 16.5. The van der Waals surface area contributed by atoms with Gasteiger partial charge in [0.2, 0.25) is 0 Å². The van der Waals surface area contributed by atoms with Gasteiger partial charge in [0.05, 0.1) is 23.7 Å². The molecule has 6 nitrogen and oxygen atoms in total. The molecular formula is C16H25N5O. The first-order chi connectivity index (χ1) is 10.7. The Kier molecular flexibility index (Phi) is 4.29. The van der Waals surface area contributed by atoms with Crippen molar-refractivity contribution in [3.05, 3.63) is 12.0 Å². The molecule has 0 spiro atoms. The zero-order valence-corrected chi connectivity index (χ0v) is 13.7. The van der Waals surface area contributed by atoms with Crippen LogP contribution in [-0.4, -0.2) is 39.0 Å². The lowest BCUT2D eigenvalue weighted by molar-refractivity contribution is 0.145. The highest BCUT2D eigenvalue weighted by Gasteiger charge is 2.34. The number of anilines is 1. The molecule has 120 valence electrons. The zero-order chi connectivity index (χ0) is 15.6. The Morgan fingerprint density at radius 3 is 2.77 bits per heavy atom. The molecule has 0 aliphatic heterocycles. The Morgan fingerprint density at radius 1 is 1.32 bits per heavy atom. The van der Waals surface area contributed by atoms with Gasteiger partial charge < -0.3 is 10.1 Å². The van der Waals surface area contributed by atoms with Crippen LogP contribution in [0.15, 0.2) is 6.20 Å². The number of hydrogen-bond donors (Lipinski definition) is 1. The quantitative estimate of drug-likeness (QED) is 0.889.